The first kappa shape index (κ1) is 8.93. The fourth-order valence-corrected chi connectivity index (χ4v) is 0.950. The normalized spacial score (nSPS) is 18.0. The van der Waals surface area contributed by atoms with Gasteiger partial charge in [-0.3, -0.25) is 9.59 Å². The van der Waals surface area contributed by atoms with Crippen molar-refractivity contribution in [1.29, 1.82) is 0 Å². The lowest BCUT2D eigenvalue weighted by Gasteiger charge is -2.14. The molecular formula is C8H11NO3. The van der Waals surface area contributed by atoms with E-state index in [1.165, 1.54) is 6.20 Å². The first-order chi connectivity index (χ1) is 5.61. The molecule has 1 rings (SSSR count). The summed E-state index contributed by atoms with van der Waals surface area (Å²) in [6, 6.07) is 0. The second-order valence-electron chi connectivity index (χ2n) is 2.85. The van der Waals surface area contributed by atoms with Gasteiger partial charge in [-0.05, 0) is 0 Å². The first-order valence-electron chi connectivity index (χ1n) is 3.63. The zero-order valence-electron chi connectivity index (χ0n) is 7.16. The van der Waals surface area contributed by atoms with Crippen LogP contribution in [0.1, 0.15) is 0 Å². The maximum atomic E-state index is 11.1. The Morgan fingerprint density at radius 2 is 1.75 bits per heavy atom. The summed E-state index contributed by atoms with van der Waals surface area (Å²) in [4.78, 5) is 23.9. The highest BCUT2D eigenvalue weighted by atomic mass is 16.5. The molecule has 0 radical (unpaired) electrons. The third-order valence-electron chi connectivity index (χ3n) is 1.45. The fourth-order valence-electron chi connectivity index (χ4n) is 0.950. The lowest BCUT2D eigenvalue weighted by atomic mass is 10.1. The van der Waals surface area contributed by atoms with Crippen molar-refractivity contribution in [2.45, 2.75) is 0 Å². The Morgan fingerprint density at radius 3 is 2.17 bits per heavy atom. The number of hydrogen-bond donors (Lipinski definition) is 0. The van der Waals surface area contributed by atoms with Crippen LogP contribution in [0.4, 0.5) is 0 Å². The quantitative estimate of drug-likeness (QED) is 0.396. The molecule has 0 spiro atoms. The van der Waals surface area contributed by atoms with Gasteiger partial charge in [-0.25, -0.2) is 0 Å². The van der Waals surface area contributed by atoms with Crippen molar-refractivity contribution >= 4 is 11.6 Å². The first-order valence-corrected chi connectivity index (χ1v) is 3.63. The van der Waals surface area contributed by atoms with Gasteiger partial charge in [0.25, 0.3) is 0 Å². The average Bonchev–Trinajstić information content (AvgIpc) is 1.97. The van der Waals surface area contributed by atoms with Crippen LogP contribution in [0.2, 0.25) is 0 Å². The highest BCUT2D eigenvalue weighted by molar-refractivity contribution is 6.22. The topological polar surface area (TPSA) is 46.6 Å². The maximum absolute atomic E-state index is 11.1. The fraction of sp³-hybridized carbons (Fsp3) is 0.500. The number of hydrogen-bond acceptors (Lipinski definition) is 4. The second-order valence-corrected chi connectivity index (χ2v) is 2.85. The lowest BCUT2D eigenvalue weighted by Crippen LogP contribution is -2.29. The predicted octanol–water partition coefficient (Wildman–Crippen LogP) is -0.400. The third kappa shape index (κ3) is 1.92. The second kappa shape index (κ2) is 3.49. The zero-order valence-corrected chi connectivity index (χ0v) is 7.16. The summed E-state index contributed by atoms with van der Waals surface area (Å²) in [7, 11) is 3.53. The lowest BCUT2D eigenvalue weighted by molar-refractivity contribution is -0.132. The minimum Gasteiger partial charge on any atom is -0.383 e. The summed E-state index contributed by atoms with van der Waals surface area (Å²) in [6.07, 6.45) is 1.53. The van der Waals surface area contributed by atoms with Gasteiger partial charge in [0.15, 0.2) is 11.6 Å². The van der Waals surface area contributed by atoms with E-state index in [1.807, 2.05) is 0 Å². The van der Waals surface area contributed by atoms with Gasteiger partial charge in [0.1, 0.15) is 13.2 Å². The van der Waals surface area contributed by atoms with Gasteiger partial charge >= 0.3 is 0 Å². The number of ketones is 2. The van der Waals surface area contributed by atoms with E-state index in [9.17, 15) is 9.59 Å². The molecule has 12 heavy (non-hydrogen) atoms. The molecule has 0 N–H and O–H groups in total. The Balaban J connectivity index is 2.83. The van der Waals surface area contributed by atoms with Crippen molar-refractivity contribution in [1.82, 2.24) is 4.90 Å². The van der Waals surface area contributed by atoms with Crippen LogP contribution in [0.5, 0.6) is 0 Å². The average molecular weight is 169 g/mol. The van der Waals surface area contributed by atoms with Crippen LogP contribution in [-0.2, 0) is 14.3 Å². The Morgan fingerprint density at radius 1 is 1.25 bits per heavy atom. The van der Waals surface area contributed by atoms with Crippen molar-refractivity contribution in [3.8, 4) is 0 Å². The zero-order chi connectivity index (χ0) is 9.14. The van der Waals surface area contributed by atoms with Crippen molar-refractivity contribution in [3.05, 3.63) is 11.8 Å². The van der Waals surface area contributed by atoms with Crippen LogP contribution in [-0.4, -0.2) is 43.8 Å². The number of carbonyl (C=O) groups excluding carboxylic acids is 2. The molecule has 66 valence electrons. The molecule has 1 aliphatic rings. The van der Waals surface area contributed by atoms with Crippen LogP contribution in [0, 0.1) is 0 Å². The van der Waals surface area contributed by atoms with E-state index in [2.05, 4.69) is 0 Å². The Bertz CT molecular complexity index is 225. The van der Waals surface area contributed by atoms with Crippen molar-refractivity contribution in [2.75, 3.05) is 27.3 Å². The molecule has 4 nitrogen and oxygen atoms in total. The molecule has 4 heteroatoms. The van der Waals surface area contributed by atoms with E-state index in [0.717, 1.165) is 0 Å². The number of rotatable bonds is 1. The number of carbonyl (C=O) groups is 2. The van der Waals surface area contributed by atoms with E-state index in [1.54, 1.807) is 19.0 Å². The molecule has 0 aliphatic carbocycles. The van der Waals surface area contributed by atoms with Gasteiger partial charge in [-0.15, -0.1) is 0 Å². The van der Waals surface area contributed by atoms with Gasteiger partial charge in [0, 0.05) is 20.3 Å². The molecular weight excluding hydrogens is 158 g/mol. The highest BCUT2D eigenvalue weighted by Crippen LogP contribution is 2.06. The number of Topliss-reactive ketones (excluding diaryl/α,β-unsaturated/α-hetero) is 2. The van der Waals surface area contributed by atoms with Crippen molar-refractivity contribution < 1.29 is 14.3 Å². The van der Waals surface area contributed by atoms with E-state index in [-0.39, 0.29) is 30.4 Å². The van der Waals surface area contributed by atoms with Gasteiger partial charge < -0.3 is 9.64 Å². The standard InChI is InChI=1S/C8H11NO3/c1-9(2)3-6-7(10)4-12-5-8(6)11/h3H,4-5H2,1-2H3. The summed E-state index contributed by atoms with van der Waals surface area (Å²) in [6.45, 7) is 0.0385. The molecule has 0 aromatic rings. The summed E-state index contributed by atoms with van der Waals surface area (Å²) < 4.78 is 4.75. The highest BCUT2D eigenvalue weighted by Gasteiger charge is 2.23. The van der Waals surface area contributed by atoms with Crippen LogP contribution in [0.3, 0.4) is 0 Å². The molecule has 1 aliphatic heterocycles. The molecule has 0 aromatic heterocycles. The monoisotopic (exact) mass is 169 g/mol. The predicted molar refractivity (Wildman–Crippen MR) is 42.6 cm³/mol. The Hall–Kier alpha value is -1.16. The van der Waals surface area contributed by atoms with Crippen molar-refractivity contribution in [2.24, 2.45) is 0 Å². The van der Waals surface area contributed by atoms with Gasteiger partial charge in [0.2, 0.25) is 0 Å². The molecule has 0 bridgehead atoms. The summed E-state index contributed by atoms with van der Waals surface area (Å²) in [5.74, 6) is -0.472. The minimum absolute atomic E-state index is 0.0193. The van der Waals surface area contributed by atoms with E-state index in [4.69, 9.17) is 4.74 Å². The SMILES string of the molecule is CN(C)C=C1C(=O)COCC1=O. The number of nitrogens with zero attached hydrogens (tertiary/aromatic N) is 1. The molecule has 1 fully saturated rings. The van der Waals surface area contributed by atoms with Gasteiger partial charge in [-0.2, -0.15) is 0 Å². The van der Waals surface area contributed by atoms with E-state index < -0.39 is 0 Å². The van der Waals surface area contributed by atoms with Crippen molar-refractivity contribution in [3.63, 3.8) is 0 Å². The summed E-state index contributed by atoms with van der Waals surface area (Å²) in [5, 5.41) is 0. The van der Waals surface area contributed by atoms with Gasteiger partial charge in [-0.1, -0.05) is 0 Å². The number of ether oxygens (including phenoxy) is 1. The molecule has 0 atom stereocenters. The summed E-state index contributed by atoms with van der Waals surface area (Å²) in [5.41, 5.74) is 0.242. The maximum Gasteiger partial charge on any atom is 0.193 e. The molecule has 1 heterocycles. The Labute approximate surface area is 70.8 Å². The minimum atomic E-state index is -0.236. The summed E-state index contributed by atoms with van der Waals surface area (Å²) >= 11 is 0. The molecule has 0 unspecified atom stereocenters. The third-order valence-corrected chi connectivity index (χ3v) is 1.45. The Kier molecular flexibility index (Phi) is 2.60. The van der Waals surface area contributed by atoms with Crippen LogP contribution in [0.25, 0.3) is 0 Å². The smallest absolute Gasteiger partial charge is 0.193 e. The largest absolute Gasteiger partial charge is 0.383 e. The van der Waals surface area contributed by atoms with Crippen LogP contribution < -0.4 is 0 Å². The van der Waals surface area contributed by atoms with E-state index in [0.29, 0.717) is 0 Å². The molecule has 1 saturated heterocycles. The van der Waals surface area contributed by atoms with Crippen LogP contribution in [0.15, 0.2) is 11.8 Å². The molecule has 0 amide bonds. The van der Waals surface area contributed by atoms with Gasteiger partial charge in [0.05, 0.1) is 5.57 Å². The van der Waals surface area contributed by atoms with E-state index >= 15 is 0 Å². The molecule has 0 saturated carbocycles. The van der Waals surface area contributed by atoms with Crippen LogP contribution >= 0.6 is 0 Å². The molecule has 0 aromatic carbocycles.